The minimum atomic E-state index is 0.255. The second kappa shape index (κ2) is 7.36. The van der Waals surface area contributed by atoms with Gasteiger partial charge in [0, 0.05) is 5.69 Å². The van der Waals surface area contributed by atoms with E-state index in [9.17, 15) is 0 Å². The highest BCUT2D eigenvalue weighted by atomic mass is 32.1. The smallest absolute Gasteiger partial charge is 0.323 e. The summed E-state index contributed by atoms with van der Waals surface area (Å²) in [7, 11) is 0. The van der Waals surface area contributed by atoms with Crippen molar-refractivity contribution in [2.45, 2.75) is 13.5 Å². The van der Waals surface area contributed by atoms with Crippen LogP contribution in [-0.2, 0) is 6.54 Å². The molecule has 0 amide bonds. The van der Waals surface area contributed by atoms with Gasteiger partial charge in [-0.15, -0.1) is 11.3 Å². The first kappa shape index (κ1) is 16.3. The topological polar surface area (TPSA) is 98.0 Å². The summed E-state index contributed by atoms with van der Waals surface area (Å²) in [5.41, 5.74) is 3.65. The number of ether oxygens (including phenoxy) is 1. The minimum absolute atomic E-state index is 0.255. The van der Waals surface area contributed by atoms with Crippen molar-refractivity contribution < 1.29 is 9.15 Å². The molecule has 0 aliphatic rings. The lowest BCUT2D eigenvalue weighted by Gasteiger charge is -2.10. The molecule has 3 heterocycles. The summed E-state index contributed by atoms with van der Waals surface area (Å²) in [5, 5.41) is 6.31. The number of anilines is 3. The first-order valence-electron chi connectivity index (χ1n) is 8.05. The SMILES string of the molecule is CCOc1nc(NCc2ccco2)nc(Nc2ccc3ncsc3c2)n1. The van der Waals surface area contributed by atoms with Crippen LogP contribution in [0.3, 0.4) is 0 Å². The van der Waals surface area contributed by atoms with Crippen molar-refractivity contribution in [3.63, 3.8) is 0 Å². The van der Waals surface area contributed by atoms with Gasteiger partial charge in [-0.1, -0.05) is 0 Å². The normalized spacial score (nSPS) is 10.8. The van der Waals surface area contributed by atoms with Gasteiger partial charge in [-0.3, -0.25) is 0 Å². The minimum Gasteiger partial charge on any atom is -0.467 e. The first-order valence-corrected chi connectivity index (χ1v) is 8.93. The van der Waals surface area contributed by atoms with E-state index in [1.807, 2.05) is 42.8 Å². The second-order valence-corrected chi connectivity index (χ2v) is 6.18. The summed E-state index contributed by atoms with van der Waals surface area (Å²) >= 11 is 1.58. The zero-order valence-electron chi connectivity index (χ0n) is 14.0. The molecule has 4 aromatic rings. The van der Waals surface area contributed by atoms with Gasteiger partial charge in [0.15, 0.2) is 0 Å². The van der Waals surface area contributed by atoms with Crippen molar-refractivity contribution in [1.82, 2.24) is 19.9 Å². The second-order valence-electron chi connectivity index (χ2n) is 5.29. The Kier molecular flexibility index (Phi) is 4.61. The number of nitrogens with zero attached hydrogens (tertiary/aromatic N) is 4. The van der Waals surface area contributed by atoms with E-state index in [1.54, 1.807) is 17.6 Å². The van der Waals surface area contributed by atoms with Crippen LogP contribution in [-0.4, -0.2) is 26.5 Å². The lowest BCUT2D eigenvalue weighted by atomic mass is 10.3. The maximum Gasteiger partial charge on any atom is 0.323 e. The maximum atomic E-state index is 5.45. The lowest BCUT2D eigenvalue weighted by molar-refractivity contribution is 0.312. The van der Waals surface area contributed by atoms with Gasteiger partial charge >= 0.3 is 6.01 Å². The van der Waals surface area contributed by atoms with Crippen molar-refractivity contribution in [2.75, 3.05) is 17.2 Å². The zero-order chi connectivity index (χ0) is 17.8. The Morgan fingerprint density at radius 1 is 1.15 bits per heavy atom. The molecule has 9 heteroatoms. The fourth-order valence-corrected chi connectivity index (χ4v) is 3.04. The van der Waals surface area contributed by atoms with E-state index < -0.39 is 0 Å². The molecule has 0 unspecified atom stereocenters. The van der Waals surface area contributed by atoms with Crippen LogP contribution in [0.25, 0.3) is 10.2 Å². The van der Waals surface area contributed by atoms with E-state index in [0.717, 1.165) is 21.7 Å². The first-order chi connectivity index (χ1) is 12.8. The third-order valence-electron chi connectivity index (χ3n) is 3.48. The van der Waals surface area contributed by atoms with Crippen LogP contribution >= 0.6 is 11.3 Å². The highest BCUT2D eigenvalue weighted by Crippen LogP contribution is 2.24. The van der Waals surface area contributed by atoms with Crippen LogP contribution < -0.4 is 15.4 Å². The average Bonchev–Trinajstić information content (AvgIpc) is 3.31. The molecule has 26 heavy (non-hydrogen) atoms. The van der Waals surface area contributed by atoms with Gasteiger partial charge in [0.2, 0.25) is 11.9 Å². The lowest BCUT2D eigenvalue weighted by Crippen LogP contribution is -2.09. The van der Waals surface area contributed by atoms with Crippen molar-refractivity contribution in [2.24, 2.45) is 0 Å². The summed E-state index contributed by atoms with van der Waals surface area (Å²) < 4.78 is 11.8. The molecule has 4 rings (SSSR count). The molecule has 0 fully saturated rings. The summed E-state index contributed by atoms with van der Waals surface area (Å²) in [6.07, 6.45) is 1.62. The van der Waals surface area contributed by atoms with Gasteiger partial charge in [-0.2, -0.15) is 15.0 Å². The summed E-state index contributed by atoms with van der Waals surface area (Å²) in [4.78, 5) is 17.2. The predicted octanol–water partition coefficient (Wildman–Crippen LogP) is 3.83. The molecule has 2 N–H and O–H groups in total. The highest BCUT2D eigenvalue weighted by molar-refractivity contribution is 7.16. The van der Waals surface area contributed by atoms with Crippen LogP contribution in [0.4, 0.5) is 17.6 Å². The molecule has 0 aliphatic carbocycles. The number of benzene rings is 1. The summed E-state index contributed by atoms with van der Waals surface area (Å²) in [5.74, 6) is 1.59. The van der Waals surface area contributed by atoms with Crippen molar-refractivity contribution in [3.05, 3.63) is 47.9 Å². The molecule has 8 nitrogen and oxygen atoms in total. The Labute approximate surface area is 153 Å². The van der Waals surface area contributed by atoms with Crippen molar-refractivity contribution >= 4 is 39.1 Å². The molecule has 132 valence electrons. The van der Waals surface area contributed by atoms with Crippen LogP contribution in [0.5, 0.6) is 6.01 Å². The van der Waals surface area contributed by atoms with Gasteiger partial charge in [0.05, 0.1) is 35.1 Å². The number of nitrogens with one attached hydrogen (secondary N) is 2. The quantitative estimate of drug-likeness (QED) is 0.508. The Bertz CT molecular complexity index is 1000. The van der Waals surface area contributed by atoms with E-state index in [-0.39, 0.29) is 6.01 Å². The molecule has 3 aromatic heterocycles. The molecule has 0 aliphatic heterocycles. The molecule has 1 aromatic carbocycles. The number of hydrogen-bond donors (Lipinski definition) is 2. The van der Waals surface area contributed by atoms with Crippen LogP contribution in [0.2, 0.25) is 0 Å². The van der Waals surface area contributed by atoms with Gasteiger partial charge in [0.1, 0.15) is 5.76 Å². The van der Waals surface area contributed by atoms with Crippen LogP contribution in [0, 0.1) is 0 Å². The van der Waals surface area contributed by atoms with Crippen molar-refractivity contribution in [3.8, 4) is 6.01 Å². The molecule has 0 saturated heterocycles. The van der Waals surface area contributed by atoms with Gasteiger partial charge < -0.3 is 19.8 Å². The molecule has 0 atom stereocenters. The van der Waals surface area contributed by atoms with Gasteiger partial charge in [-0.05, 0) is 37.3 Å². The van der Waals surface area contributed by atoms with Crippen LogP contribution in [0.1, 0.15) is 12.7 Å². The van der Waals surface area contributed by atoms with E-state index in [4.69, 9.17) is 9.15 Å². The number of aromatic nitrogens is 4. The number of furan rings is 1. The Morgan fingerprint density at radius 2 is 2.08 bits per heavy atom. The molecular weight excluding hydrogens is 352 g/mol. The third-order valence-corrected chi connectivity index (χ3v) is 4.27. The van der Waals surface area contributed by atoms with Crippen LogP contribution in [0.15, 0.2) is 46.5 Å². The number of fused-ring (bicyclic) bond motifs is 1. The Morgan fingerprint density at radius 3 is 2.92 bits per heavy atom. The Balaban J connectivity index is 1.56. The predicted molar refractivity (Wildman–Crippen MR) is 99.9 cm³/mol. The van der Waals surface area contributed by atoms with E-state index in [0.29, 0.717) is 25.0 Å². The average molecular weight is 368 g/mol. The maximum absolute atomic E-state index is 5.45. The molecule has 0 saturated carbocycles. The van der Waals surface area contributed by atoms with Crippen molar-refractivity contribution in [1.29, 1.82) is 0 Å². The molecule has 0 spiro atoms. The fraction of sp³-hybridized carbons (Fsp3) is 0.176. The van der Waals surface area contributed by atoms with E-state index >= 15 is 0 Å². The largest absolute Gasteiger partial charge is 0.467 e. The molecular formula is C17H16N6O2S. The fourth-order valence-electron chi connectivity index (χ4n) is 2.33. The summed E-state index contributed by atoms with van der Waals surface area (Å²) in [6.45, 7) is 2.81. The zero-order valence-corrected chi connectivity index (χ0v) is 14.8. The number of hydrogen-bond acceptors (Lipinski definition) is 9. The summed E-state index contributed by atoms with van der Waals surface area (Å²) in [6, 6.07) is 9.86. The Hall–Kier alpha value is -3.20. The third kappa shape index (κ3) is 3.72. The molecule has 0 bridgehead atoms. The molecule has 0 radical (unpaired) electrons. The monoisotopic (exact) mass is 368 g/mol. The van der Waals surface area contributed by atoms with Gasteiger partial charge in [-0.25, -0.2) is 4.98 Å². The standard InChI is InChI=1S/C17H16N6O2S/c1-2-24-17-22-15(18-9-12-4-3-7-25-12)21-16(23-17)20-11-5-6-13-14(8-11)26-10-19-13/h3-8,10H,2,9H2,1H3,(H2,18,20,21,22,23). The van der Waals surface area contributed by atoms with Gasteiger partial charge in [0.25, 0.3) is 0 Å². The van der Waals surface area contributed by atoms with E-state index in [1.165, 1.54) is 0 Å². The van der Waals surface area contributed by atoms with E-state index in [2.05, 4.69) is 30.6 Å². The number of rotatable bonds is 7. The highest BCUT2D eigenvalue weighted by Gasteiger charge is 2.09. The number of thiazole rings is 1.